The SMILES string of the molecule is CCNC(=O)CNc1ccc(NC(=O)NC2=C([N])C(=O)C(C)=CC2=O)cc1. The fourth-order valence-electron chi connectivity index (χ4n) is 2.26. The third-order valence-electron chi connectivity index (χ3n) is 3.61. The summed E-state index contributed by atoms with van der Waals surface area (Å²) in [5.74, 6) is -1.51. The first kappa shape index (κ1) is 19.7. The molecule has 0 saturated carbocycles. The van der Waals surface area contributed by atoms with Crippen molar-refractivity contribution in [2.24, 2.45) is 0 Å². The molecule has 140 valence electrons. The van der Waals surface area contributed by atoms with Gasteiger partial charge in [-0.3, -0.25) is 14.4 Å². The van der Waals surface area contributed by atoms with Crippen LogP contribution in [0.4, 0.5) is 16.2 Å². The predicted molar refractivity (Wildman–Crippen MR) is 98.7 cm³/mol. The van der Waals surface area contributed by atoms with Gasteiger partial charge in [0.05, 0.1) is 6.54 Å². The van der Waals surface area contributed by atoms with Crippen LogP contribution in [0.25, 0.3) is 0 Å². The second-order valence-corrected chi connectivity index (χ2v) is 5.71. The van der Waals surface area contributed by atoms with E-state index in [1.54, 1.807) is 24.3 Å². The van der Waals surface area contributed by atoms with E-state index in [0.29, 0.717) is 17.9 Å². The van der Waals surface area contributed by atoms with Crippen LogP contribution in [0.15, 0.2) is 47.3 Å². The Balaban J connectivity index is 1.93. The minimum Gasteiger partial charge on any atom is -0.376 e. The van der Waals surface area contributed by atoms with Gasteiger partial charge in [0.2, 0.25) is 17.5 Å². The highest BCUT2D eigenvalue weighted by atomic mass is 16.2. The van der Waals surface area contributed by atoms with E-state index in [1.807, 2.05) is 6.92 Å². The lowest BCUT2D eigenvalue weighted by Gasteiger charge is -2.14. The number of allylic oxidation sites excluding steroid dienone is 2. The average molecular weight is 369 g/mol. The zero-order chi connectivity index (χ0) is 20.0. The molecular formula is C18H19N5O4. The van der Waals surface area contributed by atoms with E-state index in [4.69, 9.17) is 0 Å². The molecule has 2 rings (SSSR count). The minimum atomic E-state index is -0.792. The lowest BCUT2D eigenvalue weighted by atomic mass is 10.00. The molecule has 9 nitrogen and oxygen atoms in total. The number of urea groups is 1. The number of likely N-dealkylation sites (N-methyl/N-ethyl adjacent to an activating group) is 1. The fourth-order valence-corrected chi connectivity index (χ4v) is 2.26. The van der Waals surface area contributed by atoms with Crippen molar-refractivity contribution in [3.8, 4) is 0 Å². The molecule has 0 atom stereocenters. The van der Waals surface area contributed by atoms with E-state index >= 15 is 0 Å². The van der Waals surface area contributed by atoms with Crippen LogP contribution in [-0.2, 0) is 14.4 Å². The number of carbonyl (C=O) groups is 4. The molecule has 1 aromatic rings. The highest BCUT2D eigenvalue weighted by Crippen LogP contribution is 2.16. The number of nitrogens with one attached hydrogen (secondary N) is 4. The molecule has 0 spiro atoms. The Morgan fingerprint density at radius 1 is 1.04 bits per heavy atom. The predicted octanol–water partition coefficient (Wildman–Crippen LogP) is 0.734. The first-order chi connectivity index (χ1) is 12.8. The number of anilines is 2. The quantitative estimate of drug-likeness (QED) is 0.548. The topological polar surface area (TPSA) is 139 Å². The molecule has 3 amide bonds. The van der Waals surface area contributed by atoms with E-state index in [2.05, 4.69) is 21.3 Å². The maximum atomic E-state index is 12.0. The first-order valence-electron chi connectivity index (χ1n) is 8.21. The number of carbonyl (C=O) groups excluding carboxylic acids is 4. The molecule has 4 N–H and O–H groups in total. The lowest BCUT2D eigenvalue weighted by molar-refractivity contribution is -0.119. The smallest absolute Gasteiger partial charge is 0.323 e. The van der Waals surface area contributed by atoms with Crippen LogP contribution in [0.1, 0.15) is 13.8 Å². The van der Waals surface area contributed by atoms with Gasteiger partial charge < -0.3 is 21.3 Å². The van der Waals surface area contributed by atoms with Gasteiger partial charge in [0.1, 0.15) is 5.70 Å². The summed E-state index contributed by atoms with van der Waals surface area (Å²) in [4.78, 5) is 46.9. The van der Waals surface area contributed by atoms with Crippen LogP contribution < -0.4 is 27.0 Å². The van der Waals surface area contributed by atoms with Crippen LogP contribution in [0.2, 0.25) is 0 Å². The second kappa shape index (κ2) is 8.65. The zero-order valence-corrected chi connectivity index (χ0v) is 14.9. The highest BCUT2D eigenvalue weighted by Gasteiger charge is 2.27. The van der Waals surface area contributed by atoms with E-state index in [-0.39, 0.29) is 18.0 Å². The maximum absolute atomic E-state index is 12.0. The zero-order valence-electron chi connectivity index (χ0n) is 14.9. The summed E-state index contributed by atoms with van der Waals surface area (Å²) in [6.45, 7) is 3.90. The molecular weight excluding hydrogens is 350 g/mol. The molecule has 9 heteroatoms. The van der Waals surface area contributed by atoms with Gasteiger partial charge in [0.15, 0.2) is 5.70 Å². The summed E-state index contributed by atoms with van der Waals surface area (Å²) < 4.78 is 0. The molecule has 0 bridgehead atoms. The van der Waals surface area contributed by atoms with Gasteiger partial charge in [-0.15, -0.1) is 5.73 Å². The second-order valence-electron chi connectivity index (χ2n) is 5.71. The highest BCUT2D eigenvalue weighted by molar-refractivity contribution is 6.22. The number of rotatable bonds is 6. The molecule has 1 aliphatic carbocycles. The summed E-state index contributed by atoms with van der Waals surface area (Å²) in [6.07, 6.45) is 1.05. The van der Waals surface area contributed by atoms with Crippen LogP contribution in [0.5, 0.6) is 0 Å². The third-order valence-corrected chi connectivity index (χ3v) is 3.61. The van der Waals surface area contributed by atoms with Crippen LogP contribution in [0.3, 0.4) is 0 Å². The van der Waals surface area contributed by atoms with Crippen LogP contribution in [-0.4, -0.2) is 36.6 Å². The number of hydrogen-bond donors (Lipinski definition) is 4. The van der Waals surface area contributed by atoms with E-state index in [9.17, 15) is 24.9 Å². The van der Waals surface area contributed by atoms with Gasteiger partial charge >= 0.3 is 6.03 Å². The third kappa shape index (κ3) is 5.18. The number of hydrogen-bond acceptors (Lipinski definition) is 5. The van der Waals surface area contributed by atoms with Gasteiger partial charge in [-0.1, -0.05) is 0 Å². The molecule has 0 aromatic heterocycles. The Bertz CT molecular complexity index is 840. The van der Waals surface area contributed by atoms with Crippen LogP contribution >= 0.6 is 0 Å². The van der Waals surface area contributed by atoms with Crippen molar-refractivity contribution in [3.05, 3.63) is 47.3 Å². The molecule has 0 fully saturated rings. The molecule has 1 aromatic carbocycles. The Morgan fingerprint density at radius 3 is 2.30 bits per heavy atom. The largest absolute Gasteiger partial charge is 0.376 e. The van der Waals surface area contributed by atoms with Crippen molar-refractivity contribution in [3.63, 3.8) is 0 Å². The maximum Gasteiger partial charge on any atom is 0.323 e. The van der Waals surface area contributed by atoms with Crippen molar-refractivity contribution < 1.29 is 19.2 Å². The van der Waals surface area contributed by atoms with Crippen LogP contribution in [0, 0.1) is 0 Å². The monoisotopic (exact) mass is 369 g/mol. The molecule has 0 heterocycles. The minimum absolute atomic E-state index is 0.0964. The van der Waals surface area contributed by atoms with E-state index < -0.39 is 29.0 Å². The van der Waals surface area contributed by atoms with E-state index in [1.165, 1.54) is 6.92 Å². The molecule has 0 aliphatic heterocycles. The summed E-state index contributed by atoms with van der Waals surface area (Å²) >= 11 is 0. The molecule has 0 saturated heterocycles. The normalized spacial score (nSPS) is 13.8. The number of benzene rings is 1. The Hall–Kier alpha value is -3.62. The van der Waals surface area contributed by atoms with Gasteiger partial charge in [-0.2, -0.15) is 0 Å². The van der Waals surface area contributed by atoms with Crippen molar-refractivity contribution in [2.75, 3.05) is 23.7 Å². The van der Waals surface area contributed by atoms with Gasteiger partial charge in [0.25, 0.3) is 0 Å². The first-order valence-corrected chi connectivity index (χ1v) is 8.21. The van der Waals surface area contributed by atoms with Crippen molar-refractivity contribution in [1.82, 2.24) is 16.4 Å². The standard InChI is InChI=1S/C18H19N5O4/c1-3-20-14(25)9-21-11-4-6-12(7-5-11)22-18(27)23-16-13(24)8-10(2)17(26)15(16)19/h4-8,21H,3,9H2,1-2H3,(H,20,25)(H2,22,23,27). The lowest BCUT2D eigenvalue weighted by Crippen LogP contribution is -2.35. The van der Waals surface area contributed by atoms with Gasteiger partial charge in [-0.05, 0) is 44.2 Å². The van der Waals surface area contributed by atoms with E-state index in [0.717, 1.165) is 6.08 Å². The molecule has 1 aliphatic rings. The summed E-state index contributed by atoms with van der Waals surface area (Å²) in [5, 5.41) is 10.2. The fraction of sp³-hybridized carbons (Fsp3) is 0.222. The Kier molecular flexibility index (Phi) is 6.32. The van der Waals surface area contributed by atoms with Crippen molar-refractivity contribution in [1.29, 1.82) is 0 Å². The summed E-state index contributed by atoms with van der Waals surface area (Å²) in [5.41, 5.74) is 9.69. The summed E-state index contributed by atoms with van der Waals surface area (Å²) in [7, 11) is 0. The van der Waals surface area contributed by atoms with Crippen molar-refractivity contribution >= 4 is 34.9 Å². The van der Waals surface area contributed by atoms with Crippen molar-refractivity contribution in [2.45, 2.75) is 13.8 Å². The molecule has 2 radical (unpaired) electrons. The molecule has 27 heavy (non-hydrogen) atoms. The molecule has 0 unspecified atom stereocenters. The number of Topliss-reactive ketones (excluding diaryl/α,β-unsaturated/α-hetero) is 1. The van der Waals surface area contributed by atoms with Gasteiger partial charge in [-0.25, -0.2) is 4.79 Å². The number of ketones is 2. The Labute approximate surface area is 156 Å². The summed E-state index contributed by atoms with van der Waals surface area (Å²) in [6, 6.07) is 5.71. The van der Waals surface area contributed by atoms with Gasteiger partial charge in [0, 0.05) is 23.5 Å². The average Bonchev–Trinajstić information content (AvgIpc) is 2.63. The number of nitrogens with zero attached hydrogens (tertiary/aromatic N) is 1. The number of amides is 3. The Morgan fingerprint density at radius 2 is 1.67 bits per heavy atom.